The largest absolute Gasteiger partial charge is 0.486 e. The summed E-state index contributed by atoms with van der Waals surface area (Å²) in [5, 5.41) is 0. The summed E-state index contributed by atoms with van der Waals surface area (Å²) >= 11 is 0. The van der Waals surface area contributed by atoms with Crippen molar-refractivity contribution in [1.29, 1.82) is 0 Å². The summed E-state index contributed by atoms with van der Waals surface area (Å²) in [5.41, 5.74) is 1.59. The number of carbonyl (C=O) groups is 1. The van der Waals surface area contributed by atoms with Gasteiger partial charge in [0, 0.05) is 13.1 Å². The molecule has 0 radical (unpaired) electrons. The van der Waals surface area contributed by atoms with E-state index in [0.29, 0.717) is 30.5 Å². The van der Waals surface area contributed by atoms with Crippen LogP contribution in [0, 0.1) is 5.82 Å². The topological polar surface area (TPSA) is 68.7 Å². The number of benzene rings is 2. The summed E-state index contributed by atoms with van der Waals surface area (Å²) in [7, 11) is 0. The minimum absolute atomic E-state index is 0.0568. The van der Waals surface area contributed by atoms with Gasteiger partial charge in [0.15, 0.2) is 17.2 Å². The number of ether oxygens (including phenoxy) is 1. The zero-order valence-electron chi connectivity index (χ0n) is 16.8. The molecule has 158 valence electrons. The van der Waals surface area contributed by atoms with Crippen LogP contribution in [0.15, 0.2) is 69.5 Å². The summed E-state index contributed by atoms with van der Waals surface area (Å²) in [6.07, 6.45) is 1.79. The van der Waals surface area contributed by atoms with Crippen LogP contribution in [0.2, 0.25) is 0 Å². The Labute approximate surface area is 178 Å². The Hall–Kier alpha value is -3.61. The number of hydrogen-bond donors (Lipinski definition) is 0. The number of carbonyl (C=O) groups excluding carboxylic acids is 1. The van der Waals surface area contributed by atoms with E-state index in [9.17, 15) is 9.18 Å². The second kappa shape index (κ2) is 8.26. The van der Waals surface area contributed by atoms with E-state index < -0.39 is 0 Å². The molecule has 6 nitrogen and oxygen atoms in total. The van der Waals surface area contributed by atoms with E-state index in [4.69, 9.17) is 13.6 Å². The van der Waals surface area contributed by atoms with Crippen molar-refractivity contribution >= 4 is 17.0 Å². The van der Waals surface area contributed by atoms with E-state index in [1.807, 2.05) is 24.3 Å². The summed E-state index contributed by atoms with van der Waals surface area (Å²) in [4.78, 5) is 19.4. The van der Waals surface area contributed by atoms with Crippen molar-refractivity contribution in [2.75, 3.05) is 13.1 Å². The molecular formula is C24H21FN2O4. The number of aromatic nitrogens is 1. The lowest BCUT2D eigenvalue weighted by Crippen LogP contribution is -2.39. The zero-order valence-corrected chi connectivity index (χ0v) is 16.8. The van der Waals surface area contributed by atoms with Gasteiger partial charge < -0.3 is 18.5 Å². The number of piperidine rings is 1. The highest BCUT2D eigenvalue weighted by molar-refractivity contribution is 5.91. The van der Waals surface area contributed by atoms with Crippen LogP contribution in [-0.4, -0.2) is 28.9 Å². The summed E-state index contributed by atoms with van der Waals surface area (Å²) in [5.74, 6) is 1.58. The molecule has 7 heteroatoms. The van der Waals surface area contributed by atoms with Gasteiger partial charge in [0.25, 0.3) is 5.91 Å². The monoisotopic (exact) mass is 420 g/mol. The first-order chi connectivity index (χ1) is 15.2. The van der Waals surface area contributed by atoms with Gasteiger partial charge in [-0.3, -0.25) is 4.79 Å². The molecule has 0 aliphatic carbocycles. The normalized spacial score (nSPS) is 16.5. The molecule has 1 fully saturated rings. The van der Waals surface area contributed by atoms with E-state index in [2.05, 4.69) is 4.98 Å². The maximum atomic E-state index is 13.0. The highest BCUT2D eigenvalue weighted by Crippen LogP contribution is 2.30. The smallest absolute Gasteiger partial charge is 0.289 e. The molecule has 3 heterocycles. The number of fused-ring (bicyclic) bond motifs is 1. The van der Waals surface area contributed by atoms with Crippen molar-refractivity contribution < 1.29 is 22.8 Å². The lowest BCUT2D eigenvalue weighted by molar-refractivity contribution is 0.0662. The Balaban J connectivity index is 1.24. The van der Waals surface area contributed by atoms with E-state index in [1.165, 1.54) is 12.1 Å². The average molecular weight is 420 g/mol. The van der Waals surface area contributed by atoms with Crippen molar-refractivity contribution in [1.82, 2.24) is 9.88 Å². The van der Waals surface area contributed by atoms with Gasteiger partial charge >= 0.3 is 0 Å². The molecule has 1 aliphatic heterocycles. The van der Waals surface area contributed by atoms with E-state index in [1.54, 1.807) is 29.2 Å². The molecule has 1 amide bonds. The Morgan fingerprint density at radius 2 is 1.94 bits per heavy atom. The SMILES string of the molecule is O=C(c1ccc(COc2ccc(F)cc2)o1)N1CCCC(c2nc3ccccc3o2)C1. The number of amides is 1. The Morgan fingerprint density at radius 1 is 1.10 bits per heavy atom. The van der Waals surface area contributed by atoms with Gasteiger partial charge in [-0.25, -0.2) is 9.37 Å². The summed E-state index contributed by atoms with van der Waals surface area (Å²) in [6, 6.07) is 16.8. The molecule has 1 unspecified atom stereocenters. The van der Waals surface area contributed by atoms with Crippen LogP contribution in [-0.2, 0) is 6.61 Å². The van der Waals surface area contributed by atoms with E-state index in [-0.39, 0.29) is 30.0 Å². The molecule has 1 atom stereocenters. The highest BCUT2D eigenvalue weighted by atomic mass is 19.1. The maximum Gasteiger partial charge on any atom is 0.289 e. The van der Waals surface area contributed by atoms with Gasteiger partial charge in [-0.1, -0.05) is 12.1 Å². The van der Waals surface area contributed by atoms with Gasteiger partial charge in [0.1, 0.15) is 29.5 Å². The van der Waals surface area contributed by atoms with Crippen molar-refractivity contribution in [3.63, 3.8) is 0 Å². The van der Waals surface area contributed by atoms with Crippen LogP contribution >= 0.6 is 0 Å². The van der Waals surface area contributed by atoms with Crippen molar-refractivity contribution in [3.05, 3.63) is 83.9 Å². The van der Waals surface area contributed by atoms with E-state index >= 15 is 0 Å². The molecule has 31 heavy (non-hydrogen) atoms. The van der Waals surface area contributed by atoms with Gasteiger partial charge in [-0.2, -0.15) is 0 Å². The molecule has 2 aromatic heterocycles. The number of likely N-dealkylation sites (tertiary alicyclic amines) is 1. The molecule has 0 bridgehead atoms. The minimum Gasteiger partial charge on any atom is -0.486 e. The first-order valence-electron chi connectivity index (χ1n) is 10.3. The number of halogens is 1. The van der Waals surface area contributed by atoms with Crippen LogP contribution in [0.25, 0.3) is 11.1 Å². The van der Waals surface area contributed by atoms with Crippen LogP contribution < -0.4 is 4.74 Å². The third-order valence-electron chi connectivity index (χ3n) is 5.44. The fraction of sp³-hybridized carbons (Fsp3) is 0.250. The molecule has 1 aliphatic rings. The number of nitrogens with zero attached hydrogens (tertiary/aromatic N) is 2. The Morgan fingerprint density at radius 3 is 2.77 bits per heavy atom. The molecule has 0 spiro atoms. The first kappa shape index (κ1) is 19.4. The molecular weight excluding hydrogens is 399 g/mol. The van der Waals surface area contributed by atoms with Gasteiger partial charge in [0.2, 0.25) is 0 Å². The van der Waals surface area contributed by atoms with Crippen LogP contribution in [0.5, 0.6) is 5.75 Å². The molecule has 1 saturated heterocycles. The molecule has 0 saturated carbocycles. The second-order valence-electron chi connectivity index (χ2n) is 7.62. The standard InChI is InChI=1S/C24H21FN2O4/c25-17-7-9-18(10-8-17)29-15-19-11-12-22(30-19)24(28)27-13-3-4-16(14-27)23-26-20-5-1-2-6-21(20)31-23/h1-2,5-12,16H,3-4,13-15H2. The molecule has 5 rings (SSSR count). The van der Waals surface area contributed by atoms with Gasteiger partial charge in [-0.15, -0.1) is 0 Å². The number of para-hydroxylation sites is 2. The van der Waals surface area contributed by atoms with Gasteiger partial charge in [0.05, 0.1) is 5.92 Å². The third-order valence-corrected chi connectivity index (χ3v) is 5.44. The molecule has 4 aromatic rings. The number of oxazole rings is 1. The number of furan rings is 1. The van der Waals surface area contributed by atoms with Crippen LogP contribution in [0.1, 0.15) is 41.0 Å². The van der Waals surface area contributed by atoms with Gasteiger partial charge in [-0.05, 0) is 61.4 Å². The van der Waals surface area contributed by atoms with Crippen LogP contribution in [0.4, 0.5) is 4.39 Å². The fourth-order valence-corrected chi connectivity index (χ4v) is 3.84. The predicted molar refractivity (Wildman–Crippen MR) is 111 cm³/mol. The molecule has 0 N–H and O–H groups in total. The highest BCUT2D eigenvalue weighted by Gasteiger charge is 2.30. The van der Waals surface area contributed by atoms with Crippen LogP contribution in [0.3, 0.4) is 0 Å². The zero-order chi connectivity index (χ0) is 21.2. The maximum absolute atomic E-state index is 13.0. The predicted octanol–water partition coefficient (Wildman–Crippen LogP) is 5.16. The average Bonchev–Trinajstić information content (AvgIpc) is 3.45. The van der Waals surface area contributed by atoms with E-state index in [0.717, 1.165) is 23.9 Å². The van der Waals surface area contributed by atoms with Crippen molar-refractivity contribution in [3.8, 4) is 5.75 Å². The van der Waals surface area contributed by atoms with Crippen molar-refractivity contribution in [2.24, 2.45) is 0 Å². The second-order valence-corrected chi connectivity index (χ2v) is 7.62. The lowest BCUT2D eigenvalue weighted by Gasteiger charge is -2.30. The number of hydrogen-bond acceptors (Lipinski definition) is 5. The summed E-state index contributed by atoms with van der Waals surface area (Å²) in [6.45, 7) is 1.36. The fourth-order valence-electron chi connectivity index (χ4n) is 3.84. The Bertz CT molecular complexity index is 1160. The quantitative estimate of drug-likeness (QED) is 0.446. The molecule has 2 aromatic carbocycles. The minimum atomic E-state index is -0.323. The number of rotatable bonds is 5. The summed E-state index contributed by atoms with van der Waals surface area (Å²) < 4.78 is 30.2. The lowest BCUT2D eigenvalue weighted by atomic mass is 9.98. The third kappa shape index (κ3) is 4.17. The first-order valence-corrected chi connectivity index (χ1v) is 10.3. The Kier molecular flexibility index (Phi) is 5.16. The van der Waals surface area contributed by atoms with Crippen molar-refractivity contribution in [2.45, 2.75) is 25.4 Å².